The molecule has 6 nitrogen and oxygen atoms in total. The molecule has 1 aromatic carbocycles. The monoisotopic (exact) mass is 326 g/mol. The summed E-state index contributed by atoms with van der Waals surface area (Å²) in [5.41, 5.74) is 0.794. The number of benzene rings is 1. The van der Waals surface area contributed by atoms with Crippen LogP contribution in [0, 0.1) is 0 Å². The standard InChI is InChI=1S/C18H22N4O2/c23-17(20-15-6-2-1-3-7-15)9-11-21-12-13-22(14-18(21)24)16-8-4-5-10-19-16/h1-8,10,18,24H,9,11-14H2,(H,20,23). The number of aromatic nitrogens is 1. The van der Waals surface area contributed by atoms with Gasteiger partial charge in [-0.15, -0.1) is 0 Å². The summed E-state index contributed by atoms with van der Waals surface area (Å²) >= 11 is 0. The van der Waals surface area contributed by atoms with Crippen molar-refractivity contribution in [3.05, 3.63) is 54.7 Å². The maximum atomic E-state index is 12.0. The molecule has 2 aromatic rings. The Bertz CT molecular complexity index is 651. The number of aliphatic hydroxyl groups excluding tert-OH is 1. The molecule has 3 rings (SSSR count). The number of carbonyl (C=O) groups excluding carboxylic acids is 1. The summed E-state index contributed by atoms with van der Waals surface area (Å²) in [4.78, 5) is 20.3. The summed E-state index contributed by atoms with van der Waals surface area (Å²) in [7, 11) is 0. The lowest BCUT2D eigenvalue weighted by Gasteiger charge is -2.39. The number of hydrogen-bond donors (Lipinski definition) is 2. The number of rotatable bonds is 5. The van der Waals surface area contributed by atoms with E-state index in [1.165, 1.54) is 0 Å². The van der Waals surface area contributed by atoms with Crippen LogP contribution in [0.2, 0.25) is 0 Å². The van der Waals surface area contributed by atoms with Gasteiger partial charge in [-0.3, -0.25) is 9.69 Å². The minimum absolute atomic E-state index is 0.0412. The Morgan fingerprint density at radius 1 is 1.17 bits per heavy atom. The summed E-state index contributed by atoms with van der Waals surface area (Å²) in [5, 5.41) is 13.2. The van der Waals surface area contributed by atoms with E-state index in [1.807, 2.05) is 53.4 Å². The van der Waals surface area contributed by atoms with Crippen LogP contribution in [0.4, 0.5) is 11.5 Å². The maximum absolute atomic E-state index is 12.0. The van der Waals surface area contributed by atoms with E-state index < -0.39 is 6.23 Å². The Morgan fingerprint density at radius 2 is 1.96 bits per heavy atom. The minimum atomic E-state index is -0.592. The fourth-order valence-corrected chi connectivity index (χ4v) is 2.80. The van der Waals surface area contributed by atoms with Crippen molar-refractivity contribution >= 4 is 17.4 Å². The van der Waals surface area contributed by atoms with Gasteiger partial charge in [-0.2, -0.15) is 0 Å². The lowest BCUT2D eigenvalue weighted by Crippen LogP contribution is -2.53. The molecule has 24 heavy (non-hydrogen) atoms. The van der Waals surface area contributed by atoms with Crippen molar-refractivity contribution in [3.8, 4) is 0 Å². The van der Waals surface area contributed by atoms with Crippen LogP contribution < -0.4 is 10.2 Å². The van der Waals surface area contributed by atoms with Crippen molar-refractivity contribution in [2.75, 3.05) is 36.4 Å². The van der Waals surface area contributed by atoms with Crippen molar-refractivity contribution < 1.29 is 9.90 Å². The second-order valence-electron chi connectivity index (χ2n) is 5.81. The first-order valence-corrected chi connectivity index (χ1v) is 8.15. The molecule has 0 bridgehead atoms. The Morgan fingerprint density at radius 3 is 2.67 bits per heavy atom. The SMILES string of the molecule is O=C(CCN1CCN(c2ccccn2)CC1O)Nc1ccccc1. The van der Waals surface area contributed by atoms with Gasteiger partial charge in [0.2, 0.25) is 5.91 Å². The third kappa shape index (κ3) is 4.31. The van der Waals surface area contributed by atoms with Gasteiger partial charge < -0.3 is 15.3 Å². The van der Waals surface area contributed by atoms with Gasteiger partial charge in [0.15, 0.2) is 0 Å². The maximum Gasteiger partial charge on any atom is 0.225 e. The van der Waals surface area contributed by atoms with Gasteiger partial charge in [-0.1, -0.05) is 24.3 Å². The number of nitrogens with zero attached hydrogens (tertiary/aromatic N) is 3. The van der Waals surface area contributed by atoms with Gasteiger partial charge in [-0.05, 0) is 24.3 Å². The minimum Gasteiger partial charge on any atom is -0.376 e. The van der Waals surface area contributed by atoms with E-state index in [4.69, 9.17) is 0 Å². The number of amides is 1. The zero-order valence-electron chi connectivity index (χ0n) is 13.5. The second-order valence-corrected chi connectivity index (χ2v) is 5.81. The highest BCUT2D eigenvalue weighted by Gasteiger charge is 2.25. The number of pyridine rings is 1. The molecule has 2 heterocycles. The van der Waals surface area contributed by atoms with E-state index in [2.05, 4.69) is 15.2 Å². The van der Waals surface area contributed by atoms with Crippen LogP contribution >= 0.6 is 0 Å². The van der Waals surface area contributed by atoms with E-state index in [9.17, 15) is 9.90 Å². The van der Waals surface area contributed by atoms with E-state index >= 15 is 0 Å². The van der Waals surface area contributed by atoms with Crippen LogP contribution in [0.25, 0.3) is 0 Å². The number of β-amino-alcohol motifs (C(OH)–C–C–N with tert-alkyl or cyclic N) is 1. The zero-order chi connectivity index (χ0) is 16.8. The summed E-state index contributed by atoms with van der Waals surface area (Å²) in [6.45, 7) is 2.53. The van der Waals surface area contributed by atoms with Crippen molar-refractivity contribution in [2.24, 2.45) is 0 Å². The second kappa shape index (κ2) is 7.90. The van der Waals surface area contributed by atoms with Crippen molar-refractivity contribution in [2.45, 2.75) is 12.6 Å². The predicted octanol–water partition coefficient (Wildman–Crippen LogP) is 1.55. The van der Waals surface area contributed by atoms with Gasteiger partial charge in [0.05, 0.1) is 6.54 Å². The molecule has 1 unspecified atom stereocenters. The van der Waals surface area contributed by atoms with Crippen LogP contribution in [0.3, 0.4) is 0 Å². The van der Waals surface area contributed by atoms with Crippen LogP contribution in [0.5, 0.6) is 0 Å². The predicted molar refractivity (Wildman–Crippen MR) is 93.7 cm³/mol. The zero-order valence-corrected chi connectivity index (χ0v) is 13.5. The molecule has 1 atom stereocenters. The van der Waals surface area contributed by atoms with Crippen molar-refractivity contribution in [1.82, 2.24) is 9.88 Å². The summed E-state index contributed by atoms with van der Waals surface area (Å²) < 4.78 is 0. The molecule has 0 aliphatic carbocycles. The molecular weight excluding hydrogens is 304 g/mol. The van der Waals surface area contributed by atoms with Crippen LogP contribution in [0.1, 0.15) is 6.42 Å². The van der Waals surface area contributed by atoms with Crippen LogP contribution in [-0.4, -0.2) is 53.3 Å². The Kier molecular flexibility index (Phi) is 5.40. The first-order chi connectivity index (χ1) is 11.7. The third-order valence-electron chi connectivity index (χ3n) is 4.12. The van der Waals surface area contributed by atoms with E-state index in [-0.39, 0.29) is 5.91 Å². The van der Waals surface area contributed by atoms with Gasteiger partial charge >= 0.3 is 0 Å². The largest absolute Gasteiger partial charge is 0.376 e. The first kappa shape index (κ1) is 16.4. The number of nitrogens with one attached hydrogen (secondary N) is 1. The smallest absolute Gasteiger partial charge is 0.225 e. The van der Waals surface area contributed by atoms with Crippen molar-refractivity contribution in [3.63, 3.8) is 0 Å². The van der Waals surface area contributed by atoms with Gasteiger partial charge in [0, 0.05) is 37.9 Å². The highest BCUT2D eigenvalue weighted by atomic mass is 16.3. The van der Waals surface area contributed by atoms with Gasteiger partial charge in [0.1, 0.15) is 12.0 Å². The molecule has 1 saturated heterocycles. The molecule has 0 spiro atoms. The lowest BCUT2D eigenvalue weighted by atomic mass is 10.2. The van der Waals surface area contributed by atoms with E-state index in [0.717, 1.165) is 18.1 Å². The van der Waals surface area contributed by atoms with Gasteiger partial charge in [0.25, 0.3) is 0 Å². The number of piperazine rings is 1. The molecule has 1 aliphatic heterocycles. The van der Waals surface area contributed by atoms with Crippen LogP contribution in [-0.2, 0) is 4.79 Å². The average Bonchev–Trinajstić information content (AvgIpc) is 2.62. The topological polar surface area (TPSA) is 68.7 Å². The molecule has 0 saturated carbocycles. The van der Waals surface area contributed by atoms with Crippen molar-refractivity contribution in [1.29, 1.82) is 0 Å². The quantitative estimate of drug-likeness (QED) is 0.872. The number of carbonyl (C=O) groups is 1. The van der Waals surface area contributed by atoms with E-state index in [0.29, 0.717) is 26.1 Å². The Hall–Kier alpha value is -2.44. The fraction of sp³-hybridized carbons (Fsp3) is 0.333. The average molecular weight is 326 g/mol. The normalized spacial score (nSPS) is 18.4. The highest BCUT2D eigenvalue weighted by Crippen LogP contribution is 2.16. The molecule has 2 N–H and O–H groups in total. The molecule has 1 amide bonds. The van der Waals surface area contributed by atoms with Crippen LogP contribution in [0.15, 0.2) is 54.7 Å². The number of para-hydroxylation sites is 1. The molecule has 126 valence electrons. The number of anilines is 2. The summed E-state index contributed by atoms with van der Waals surface area (Å²) in [5.74, 6) is 0.832. The molecule has 1 aromatic heterocycles. The molecule has 1 fully saturated rings. The summed E-state index contributed by atoms with van der Waals surface area (Å²) in [6.07, 6.45) is 1.52. The number of aliphatic hydroxyl groups is 1. The molecular formula is C18H22N4O2. The van der Waals surface area contributed by atoms with E-state index in [1.54, 1.807) is 6.20 Å². The third-order valence-corrected chi connectivity index (χ3v) is 4.12. The number of hydrogen-bond acceptors (Lipinski definition) is 5. The highest BCUT2D eigenvalue weighted by molar-refractivity contribution is 5.90. The molecule has 1 aliphatic rings. The lowest BCUT2D eigenvalue weighted by molar-refractivity contribution is -0.117. The fourth-order valence-electron chi connectivity index (χ4n) is 2.80. The Labute approximate surface area is 141 Å². The molecule has 0 radical (unpaired) electrons. The molecule has 6 heteroatoms. The Balaban J connectivity index is 1.46. The van der Waals surface area contributed by atoms with Gasteiger partial charge in [-0.25, -0.2) is 4.98 Å². The first-order valence-electron chi connectivity index (χ1n) is 8.15. The summed E-state index contributed by atoms with van der Waals surface area (Å²) in [6, 6.07) is 15.2.